The number of rotatable bonds is 3. The highest BCUT2D eigenvalue weighted by Gasteiger charge is 2.23. The summed E-state index contributed by atoms with van der Waals surface area (Å²) >= 11 is 1.76. The maximum Gasteiger partial charge on any atom is 0.140 e. The predicted octanol–water partition coefficient (Wildman–Crippen LogP) is 2.12. The van der Waals surface area contributed by atoms with Crippen LogP contribution in [0.5, 0.6) is 0 Å². The molecule has 124 valence electrons. The number of aryl methyl sites for hydroxylation is 1. The number of nitrogens with zero attached hydrogens (tertiary/aromatic N) is 4. The molecule has 0 radical (unpaired) electrons. The number of anilines is 1. The van der Waals surface area contributed by atoms with Gasteiger partial charge < -0.3 is 10.2 Å². The van der Waals surface area contributed by atoms with Crippen molar-refractivity contribution in [2.45, 2.75) is 19.8 Å². The van der Waals surface area contributed by atoms with Crippen LogP contribution in [0.4, 0.5) is 5.82 Å². The van der Waals surface area contributed by atoms with Crippen LogP contribution in [0.2, 0.25) is 0 Å². The van der Waals surface area contributed by atoms with Crippen molar-refractivity contribution >= 4 is 27.4 Å². The highest BCUT2D eigenvalue weighted by atomic mass is 32.1. The van der Waals surface area contributed by atoms with E-state index in [9.17, 15) is 0 Å². The summed E-state index contributed by atoms with van der Waals surface area (Å²) in [6.45, 7) is 10.3. The van der Waals surface area contributed by atoms with E-state index < -0.39 is 0 Å². The van der Waals surface area contributed by atoms with Crippen LogP contribution in [-0.2, 0) is 0 Å². The molecule has 4 rings (SSSR count). The van der Waals surface area contributed by atoms with E-state index in [-0.39, 0.29) is 0 Å². The quantitative estimate of drug-likeness (QED) is 0.933. The Morgan fingerprint density at radius 3 is 2.74 bits per heavy atom. The smallest absolute Gasteiger partial charge is 0.140 e. The van der Waals surface area contributed by atoms with Gasteiger partial charge in [0.05, 0.1) is 5.39 Å². The van der Waals surface area contributed by atoms with Crippen molar-refractivity contribution in [3.05, 3.63) is 17.3 Å². The van der Waals surface area contributed by atoms with Crippen LogP contribution in [0.25, 0.3) is 10.2 Å². The van der Waals surface area contributed by atoms with Crippen molar-refractivity contribution in [2.24, 2.45) is 5.92 Å². The number of hydrogen-bond acceptors (Lipinski definition) is 6. The molecule has 2 aromatic rings. The summed E-state index contributed by atoms with van der Waals surface area (Å²) in [6, 6.07) is 2.23. The molecule has 2 fully saturated rings. The molecule has 2 saturated heterocycles. The minimum atomic E-state index is 0.882. The summed E-state index contributed by atoms with van der Waals surface area (Å²) in [6.07, 6.45) is 4.39. The second-order valence-corrected chi connectivity index (χ2v) is 7.99. The lowest BCUT2D eigenvalue weighted by atomic mass is 9.97. The average Bonchev–Trinajstić information content (AvgIpc) is 2.97. The molecule has 0 amide bonds. The zero-order valence-corrected chi connectivity index (χ0v) is 14.6. The van der Waals surface area contributed by atoms with E-state index in [0.717, 1.165) is 42.7 Å². The fourth-order valence-corrected chi connectivity index (χ4v) is 4.63. The molecular weight excluding hydrogens is 306 g/mol. The Morgan fingerprint density at radius 1 is 1.17 bits per heavy atom. The zero-order valence-electron chi connectivity index (χ0n) is 13.8. The van der Waals surface area contributed by atoms with Crippen LogP contribution in [0.3, 0.4) is 0 Å². The van der Waals surface area contributed by atoms with Crippen molar-refractivity contribution in [1.82, 2.24) is 20.2 Å². The molecule has 0 saturated carbocycles. The maximum atomic E-state index is 4.58. The number of hydrogen-bond donors (Lipinski definition) is 1. The molecule has 0 spiro atoms. The lowest BCUT2D eigenvalue weighted by Gasteiger charge is -2.38. The molecule has 23 heavy (non-hydrogen) atoms. The van der Waals surface area contributed by atoms with Crippen LogP contribution in [0.15, 0.2) is 12.4 Å². The Balaban J connectivity index is 1.40. The van der Waals surface area contributed by atoms with Gasteiger partial charge in [-0.2, -0.15) is 0 Å². The van der Waals surface area contributed by atoms with Crippen LogP contribution < -0.4 is 10.2 Å². The van der Waals surface area contributed by atoms with Gasteiger partial charge in [0, 0.05) is 37.6 Å². The maximum absolute atomic E-state index is 4.58. The van der Waals surface area contributed by atoms with Gasteiger partial charge in [-0.3, -0.25) is 4.90 Å². The van der Waals surface area contributed by atoms with Crippen molar-refractivity contribution in [2.75, 3.05) is 50.7 Å². The van der Waals surface area contributed by atoms with E-state index in [1.807, 2.05) is 0 Å². The molecule has 4 heterocycles. The first-order valence-corrected chi connectivity index (χ1v) is 9.50. The molecule has 1 N–H and O–H groups in total. The van der Waals surface area contributed by atoms with Crippen LogP contribution in [0, 0.1) is 12.8 Å². The van der Waals surface area contributed by atoms with Crippen LogP contribution in [0.1, 0.15) is 17.7 Å². The summed E-state index contributed by atoms with van der Waals surface area (Å²) in [5.74, 6) is 2.01. The first-order chi connectivity index (χ1) is 11.3. The van der Waals surface area contributed by atoms with Crippen LogP contribution >= 0.6 is 11.3 Å². The summed E-state index contributed by atoms with van der Waals surface area (Å²) < 4.78 is 0. The molecule has 0 bridgehead atoms. The summed E-state index contributed by atoms with van der Waals surface area (Å²) in [4.78, 5) is 16.5. The normalized spacial score (nSPS) is 21.2. The third-order valence-corrected chi connectivity index (χ3v) is 6.04. The topological polar surface area (TPSA) is 44.3 Å². The van der Waals surface area contributed by atoms with E-state index in [0.29, 0.717) is 0 Å². The van der Waals surface area contributed by atoms with E-state index >= 15 is 0 Å². The summed E-state index contributed by atoms with van der Waals surface area (Å²) in [5, 5.41) is 4.68. The zero-order chi connectivity index (χ0) is 15.6. The van der Waals surface area contributed by atoms with Gasteiger partial charge in [-0.05, 0) is 44.8 Å². The van der Waals surface area contributed by atoms with Crippen molar-refractivity contribution in [3.8, 4) is 0 Å². The van der Waals surface area contributed by atoms with Gasteiger partial charge in [0.1, 0.15) is 17.0 Å². The van der Waals surface area contributed by atoms with Gasteiger partial charge in [-0.1, -0.05) is 0 Å². The Hall–Kier alpha value is -1.24. The monoisotopic (exact) mass is 331 g/mol. The van der Waals surface area contributed by atoms with Crippen molar-refractivity contribution in [3.63, 3.8) is 0 Å². The number of thiophene rings is 1. The lowest BCUT2D eigenvalue weighted by Crippen LogP contribution is -2.49. The Morgan fingerprint density at radius 2 is 1.96 bits per heavy atom. The largest absolute Gasteiger partial charge is 0.353 e. The van der Waals surface area contributed by atoms with Gasteiger partial charge in [-0.15, -0.1) is 11.3 Å². The number of fused-ring (bicyclic) bond motifs is 1. The predicted molar refractivity (Wildman–Crippen MR) is 96.4 cm³/mol. The average molecular weight is 331 g/mol. The molecule has 5 nitrogen and oxygen atoms in total. The van der Waals surface area contributed by atoms with E-state index in [1.54, 1.807) is 17.7 Å². The minimum absolute atomic E-state index is 0.882. The van der Waals surface area contributed by atoms with Gasteiger partial charge >= 0.3 is 0 Å². The molecule has 0 aliphatic carbocycles. The Labute approximate surface area is 141 Å². The fraction of sp³-hybridized carbons (Fsp3) is 0.647. The number of piperazine rings is 1. The third-order valence-electron chi connectivity index (χ3n) is 5.08. The van der Waals surface area contributed by atoms with Gasteiger partial charge in [-0.25, -0.2) is 9.97 Å². The number of nitrogens with one attached hydrogen (secondary N) is 1. The third kappa shape index (κ3) is 3.34. The molecular formula is C17H25N5S. The molecule has 0 atom stereocenters. The molecule has 2 aromatic heterocycles. The molecule has 0 aromatic carbocycles. The first kappa shape index (κ1) is 15.3. The summed E-state index contributed by atoms with van der Waals surface area (Å²) in [5.41, 5.74) is 0. The second kappa shape index (κ2) is 6.71. The first-order valence-electron chi connectivity index (χ1n) is 8.69. The second-order valence-electron chi connectivity index (χ2n) is 6.75. The Bertz CT molecular complexity index is 656. The number of aromatic nitrogens is 2. The lowest BCUT2D eigenvalue weighted by molar-refractivity contribution is 0.196. The molecule has 2 aliphatic heterocycles. The fourth-order valence-electron chi connectivity index (χ4n) is 3.79. The van der Waals surface area contributed by atoms with Crippen molar-refractivity contribution in [1.29, 1.82) is 0 Å². The molecule has 6 heteroatoms. The van der Waals surface area contributed by atoms with Crippen LogP contribution in [-0.4, -0.2) is 60.7 Å². The van der Waals surface area contributed by atoms with E-state index in [2.05, 4.69) is 38.1 Å². The van der Waals surface area contributed by atoms with E-state index in [4.69, 9.17) is 0 Å². The van der Waals surface area contributed by atoms with Gasteiger partial charge in [0.25, 0.3) is 0 Å². The molecule has 0 unspecified atom stereocenters. The highest BCUT2D eigenvalue weighted by Crippen LogP contribution is 2.30. The minimum Gasteiger partial charge on any atom is -0.353 e. The number of piperidine rings is 1. The molecule has 2 aliphatic rings. The highest BCUT2D eigenvalue weighted by molar-refractivity contribution is 7.18. The Kier molecular flexibility index (Phi) is 4.46. The van der Waals surface area contributed by atoms with Gasteiger partial charge in [0.15, 0.2) is 0 Å². The van der Waals surface area contributed by atoms with Crippen molar-refractivity contribution < 1.29 is 0 Å². The van der Waals surface area contributed by atoms with E-state index in [1.165, 1.54) is 42.7 Å². The summed E-state index contributed by atoms with van der Waals surface area (Å²) in [7, 11) is 0. The van der Waals surface area contributed by atoms with Gasteiger partial charge in [0.2, 0.25) is 0 Å². The SMILES string of the molecule is Cc1cc2c(N3CCN(CC4CCNCC4)CC3)ncnc2s1. The standard InChI is InChI=1S/C17H25N5S/c1-13-10-15-16(19-12-20-17(15)23-13)22-8-6-21(7-9-22)11-14-2-4-18-5-3-14/h10,12,14,18H,2-9,11H2,1H3.